The number of aromatic hydroxyl groups is 1. The number of guanidine groups is 1. The number of carbonyl (C=O) groups is 4. The summed E-state index contributed by atoms with van der Waals surface area (Å²) in [6.45, 7) is 14.6. The maximum Gasteiger partial charge on any atom is 0.408 e. The first kappa shape index (κ1) is 46.5. The lowest BCUT2D eigenvalue weighted by Gasteiger charge is -2.27. The summed E-state index contributed by atoms with van der Waals surface area (Å²) in [7, 11) is 0. The van der Waals surface area contributed by atoms with Gasteiger partial charge >= 0.3 is 12.2 Å². The molecule has 0 unspecified atom stereocenters. The van der Waals surface area contributed by atoms with E-state index in [1.807, 2.05) is 30.3 Å². The molecule has 0 aliphatic heterocycles. The van der Waals surface area contributed by atoms with Gasteiger partial charge in [-0.2, -0.15) is 4.98 Å². The molecule has 3 aromatic rings. The predicted octanol–water partition coefficient (Wildman–Crippen LogP) is 4.72. The van der Waals surface area contributed by atoms with Gasteiger partial charge in [-0.3, -0.25) is 15.0 Å². The number of aryl methyl sites for hydroxylation is 2. The highest BCUT2D eigenvalue weighted by atomic mass is 16.6. The van der Waals surface area contributed by atoms with Gasteiger partial charge in [0.25, 0.3) is 0 Å². The van der Waals surface area contributed by atoms with Gasteiger partial charge in [0.15, 0.2) is 11.8 Å². The number of aromatic nitrogens is 2. The summed E-state index contributed by atoms with van der Waals surface area (Å²) >= 11 is 0. The number of hydrogen-bond acceptors (Lipinski definition) is 11. The highest BCUT2D eigenvalue weighted by molar-refractivity contribution is 5.91. The molecule has 318 valence electrons. The minimum atomic E-state index is -1.17. The number of nitrogens with zero attached hydrogens (tertiary/aromatic N) is 2. The fraction of sp³-hybridized carbons (Fsp3) is 0.537. The molecular formula is C41H61N9O8. The van der Waals surface area contributed by atoms with Crippen molar-refractivity contribution in [2.45, 2.75) is 130 Å². The molecule has 17 nitrogen and oxygen atoms in total. The summed E-state index contributed by atoms with van der Waals surface area (Å²) in [5.41, 5.74) is 7.06. The SMILES string of the molecule is Cc1cc(O)cc(C)c1C[C@@H](NC(=O)[C@H](CCCNC(=N)N)NC(=O)OC(C)(C)C)C(=O)N[C@H](CCCCNC(=O)OC(C)(C)C)c1nc(Cc2ccccc2)no1. The standard InChI is InChI=1S/C41H61N9O8/c1-25-21-28(51)22-26(2)29(25)24-32(47-34(52)30(18-14-20-44-37(42)43)48-39(55)57-41(6,7)8)35(53)46-31(17-12-13-19-45-38(54)56-40(3,4)5)36-49-33(50-58-36)23-27-15-10-9-11-16-27/h9-11,15-16,21-22,30-32,51H,12-14,17-20,23-24H2,1-8H3,(H,45,54)(H,46,53)(H,47,52)(H,48,55)(H4,42,43,44)/t30-,31+,32+/m0/s1. The van der Waals surface area contributed by atoms with Crippen LogP contribution in [0.2, 0.25) is 0 Å². The van der Waals surface area contributed by atoms with Crippen LogP contribution in [0.25, 0.3) is 0 Å². The normalized spacial score (nSPS) is 13.0. The summed E-state index contributed by atoms with van der Waals surface area (Å²) < 4.78 is 16.5. The van der Waals surface area contributed by atoms with E-state index in [-0.39, 0.29) is 37.0 Å². The summed E-state index contributed by atoms with van der Waals surface area (Å²) in [4.78, 5) is 58.2. The Balaban J connectivity index is 1.91. The first-order valence-corrected chi connectivity index (χ1v) is 19.5. The van der Waals surface area contributed by atoms with Gasteiger partial charge in [-0.25, -0.2) is 9.59 Å². The number of alkyl carbamates (subject to hydrolysis) is 2. The molecular weight excluding hydrogens is 747 g/mol. The van der Waals surface area contributed by atoms with Crippen LogP contribution in [0.1, 0.15) is 114 Å². The topological polar surface area (TPSA) is 256 Å². The van der Waals surface area contributed by atoms with Crippen molar-refractivity contribution in [3.63, 3.8) is 0 Å². The Bertz CT molecular complexity index is 1810. The Kier molecular flexibility index (Phi) is 17.3. The number of unbranched alkanes of at least 4 members (excludes halogenated alkanes) is 1. The van der Waals surface area contributed by atoms with Crippen LogP contribution in [0.4, 0.5) is 9.59 Å². The van der Waals surface area contributed by atoms with Gasteiger partial charge in [0.2, 0.25) is 17.7 Å². The highest BCUT2D eigenvalue weighted by Gasteiger charge is 2.32. The lowest BCUT2D eigenvalue weighted by molar-refractivity contribution is -0.130. The van der Waals surface area contributed by atoms with E-state index in [9.17, 15) is 24.3 Å². The fourth-order valence-electron chi connectivity index (χ4n) is 5.99. The van der Waals surface area contributed by atoms with Crippen molar-refractivity contribution in [1.82, 2.24) is 36.7 Å². The molecule has 17 heteroatoms. The zero-order valence-electron chi connectivity index (χ0n) is 34.9. The van der Waals surface area contributed by atoms with Crippen LogP contribution in [0.5, 0.6) is 5.75 Å². The Morgan fingerprint density at radius 2 is 1.41 bits per heavy atom. The Labute approximate surface area is 340 Å². The van der Waals surface area contributed by atoms with Crippen molar-refractivity contribution in [2.75, 3.05) is 13.1 Å². The molecule has 9 N–H and O–H groups in total. The summed E-state index contributed by atoms with van der Waals surface area (Å²) in [6, 6.07) is 9.70. The molecule has 3 rings (SSSR count). The number of rotatable bonds is 19. The third kappa shape index (κ3) is 17.1. The molecule has 4 amide bonds. The monoisotopic (exact) mass is 807 g/mol. The van der Waals surface area contributed by atoms with Gasteiger partial charge < -0.3 is 51.4 Å². The number of phenolic OH excluding ortho intramolecular Hbond substituents is 1. The second kappa shape index (κ2) is 21.6. The van der Waals surface area contributed by atoms with Crippen LogP contribution >= 0.6 is 0 Å². The second-order valence-electron chi connectivity index (χ2n) is 16.2. The predicted molar refractivity (Wildman–Crippen MR) is 218 cm³/mol. The molecule has 0 radical (unpaired) electrons. The Morgan fingerprint density at radius 3 is 2.03 bits per heavy atom. The summed E-state index contributed by atoms with van der Waals surface area (Å²) in [5.74, 6) is -0.787. The number of nitrogens with one attached hydrogen (secondary N) is 6. The van der Waals surface area contributed by atoms with E-state index in [0.717, 1.165) is 11.1 Å². The van der Waals surface area contributed by atoms with E-state index in [1.54, 1.807) is 67.5 Å². The van der Waals surface area contributed by atoms with Gasteiger partial charge in [-0.05, 0) is 122 Å². The molecule has 1 heterocycles. The molecule has 2 aromatic carbocycles. The van der Waals surface area contributed by atoms with Crippen molar-refractivity contribution in [1.29, 1.82) is 5.41 Å². The third-order valence-corrected chi connectivity index (χ3v) is 8.61. The van der Waals surface area contributed by atoms with E-state index in [4.69, 9.17) is 25.1 Å². The average Bonchev–Trinajstić information content (AvgIpc) is 3.56. The molecule has 0 bridgehead atoms. The largest absolute Gasteiger partial charge is 0.508 e. The minimum Gasteiger partial charge on any atom is -0.508 e. The third-order valence-electron chi connectivity index (χ3n) is 8.61. The highest BCUT2D eigenvalue weighted by Crippen LogP contribution is 2.24. The molecule has 0 saturated heterocycles. The van der Waals surface area contributed by atoms with Crippen LogP contribution in [-0.4, -0.2) is 81.6 Å². The smallest absolute Gasteiger partial charge is 0.408 e. The lowest BCUT2D eigenvalue weighted by atomic mass is 9.95. The first-order chi connectivity index (χ1) is 27.2. The van der Waals surface area contributed by atoms with Crippen molar-refractivity contribution < 1.29 is 38.3 Å². The van der Waals surface area contributed by atoms with Crippen molar-refractivity contribution in [2.24, 2.45) is 5.73 Å². The maximum atomic E-state index is 14.4. The minimum absolute atomic E-state index is 0.0379. The fourth-order valence-corrected chi connectivity index (χ4v) is 5.99. The van der Waals surface area contributed by atoms with Crippen molar-refractivity contribution >= 4 is 30.0 Å². The number of phenols is 1. The van der Waals surface area contributed by atoms with Gasteiger partial charge in [-0.15, -0.1) is 0 Å². The molecule has 0 aliphatic carbocycles. The Hall–Kier alpha value is -5.87. The zero-order valence-corrected chi connectivity index (χ0v) is 34.9. The first-order valence-electron chi connectivity index (χ1n) is 19.5. The van der Waals surface area contributed by atoms with E-state index in [2.05, 4.69) is 36.7 Å². The molecule has 0 saturated carbocycles. The number of ether oxygens (including phenoxy) is 2. The molecule has 58 heavy (non-hydrogen) atoms. The number of hydrogen-bond donors (Lipinski definition) is 8. The van der Waals surface area contributed by atoms with Crippen molar-refractivity contribution in [3.8, 4) is 5.75 Å². The molecule has 0 fully saturated rings. The molecule has 0 spiro atoms. The molecule has 0 aliphatic rings. The van der Waals surface area contributed by atoms with E-state index >= 15 is 0 Å². The maximum absolute atomic E-state index is 14.4. The lowest BCUT2D eigenvalue weighted by Crippen LogP contribution is -2.55. The van der Waals surface area contributed by atoms with Gasteiger partial charge in [0, 0.05) is 25.9 Å². The van der Waals surface area contributed by atoms with Crippen LogP contribution in [0.15, 0.2) is 47.0 Å². The van der Waals surface area contributed by atoms with Crippen LogP contribution in [0, 0.1) is 19.3 Å². The summed E-state index contributed by atoms with van der Waals surface area (Å²) in [6.07, 6.45) is 0.970. The van der Waals surface area contributed by atoms with Crippen LogP contribution in [-0.2, 0) is 31.9 Å². The van der Waals surface area contributed by atoms with Crippen LogP contribution < -0.4 is 32.3 Å². The number of carbonyl (C=O) groups excluding carboxylic acids is 4. The number of nitrogens with two attached hydrogens (primary N) is 1. The molecule has 3 atom stereocenters. The number of amides is 4. The Morgan fingerprint density at radius 1 is 0.810 bits per heavy atom. The van der Waals surface area contributed by atoms with Crippen molar-refractivity contribution in [3.05, 3.63) is 76.4 Å². The van der Waals surface area contributed by atoms with Crippen LogP contribution in [0.3, 0.4) is 0 Å². The number of benzene rings is 2. The van der Waals surface area contributed by atoms with Gasteiger partial charge in [0.1, 0.15) is 35.1 Å². The summed E-state index contributed by atoms with van der Waals surface area (Å²) in [5, 5.41) is 35.8. The van der Waals surface area contributed by atoms with E-state index in [1.165, 1.54) is 0 Å². The zero-order chi connectivity index (χ0) is 43.0. The van der Waals surface area contributed by atoms with E-state index < -0.39 is 53.3 Å². The molecule has 1 aromatic heterocycles. The average molecular weight is 808 g/mol. The quantitative estimate of drug-likeness (QED) is 0.0465. The van der Waals surface area contributed by atoms with Gasteiger partial charge in [-0.1, -0.05) is 35.5 Å². The van der Waals surface area contributed by atoms with Gasteiger partial charge in [0.05, 0.1) is 0 Å². The van der Waals surface area contributed by atoms with E-state index in [0.29, 0.717) is 55.6 Å². The second-order valence-corrected chi connectivity index (χ2v) is 16.2.